The largest absolute Gasteiger partial charge is 0.490 e. The third-order valence-corrected chi connectivity index (χ3v) is 7.83. The van der Waals surface area contributed by atoms with Crippen LogP contribution in [0.25, 0.3) is 10.9 Å². The van der Waals surface area contributed by atoms with Gasteiger partial charge in [-0.05, 0) is 51.8 Å². The Morgan fingerprint density at radius 3 is 2.84 bits per heavy atom. The Balaban J connectivity index is 1.25. The summed E-state index contributed by atoms with van der Waals surface area (Å²) >= 11 is 0. The first-order valence-electron chi connectivity index (χ1n) is 13.6. The molecular weight excluding hydrogens is 478 g/mol. The van der Waals surface area contributed by atoms with Gasteiger partial charge in [0.25, 0.3) is 0 Å². The Labute approximate surface area is 223 Å². The van der Waals surface area contributed by atoms with Crippen molar-refractivity contribution in [3.63, 3.8) is 0 Å². The van der Waals surface area contributed by atoms with Crippen molar-refractivity contribution >= 4 is 28.5 Å². The van der Waals surface area contributed by atoms with E-state index in [1.54, 1.807) is 0 Å². The van der Waals surface area contributed by atoms with Crippen LogP contribution in [0.2, 0.25) is 0 Å². The molecule has 2 atom stereocenters. The van der Waals surface area contributed by atoms with Crippen LogP contribution in [0.1, 0.15) is 44.2 Å². The molecule has 10 nitrogen and oxygen atoms in total. The van der Waals surface area contributed by atoms with Gasteiger partial charge in [-0.15, -0.1) is 0 Å². The monoisotopic (exact) mass is 513 g/mol. The van der Waals surface area contributed by atoms with Gasteiger partial charge in [0.05, 0.1) is 18.0 Å². The quantitative estimate of drug-likeness (QED) is 0.405. The zero-order valence-electron chi connectivity index (χ0n) is 22.1. The van der Waals surface area contributed by atoms with Crippen molar-refractivity contribution in [2.45, 2.75) is 63.6 Å². The Morgan fingerprint density at radius 1 is 1.21 bits per heavy atom. The van der Waals surface area contributed by atoms with Crippen LogP contribution in [0, 0.1) is 18.3 Å². The third-order valence-electron chi connectivity index (χ3n) is 7.83. The highest BCUT2D eigenvalue weighted by Crippen LogP contribution is 2.36. The lowest BCUT2D eigenvalue weighted by atomic mass is 9.98. The molecule has 2 aromatic heterocycles. The van der Waals surface area contributed by atoms with E-state index in [-0.39, 0.29) is 12.1 Å². The Morgan fingerprint density at radius 2 is 2.08 bits per heavy atom. The number of likely N-dealkylation sites (tertiary alicyclic amines) is 1. The molecule has 1 aromatic carbocycles. The molecule has 2 bridgehead atoms. The summed E-state index contributed by atoms with van der Waals surface area (Å²) < 4.78 is 6.36. The van der Waals surface area contributed by atoms with Crippen molar-refractivity contribution in [3.8, 4) is 11.8 Å². The number of ether oxygens (including phenoxy) is 1. The number of aromatic amines is 1. The smallest absolute Gasteiger partial charge is 0.225 e. The van der Waals surface area contributed by atoms with E-state index in [1.807, 2.05) is 31.2 Å². The summed E-state index contributed by atoms with van der Waals surface area (Å²) in [6.45, 7) is 4.89. The summed E-state index contributed by atoms with van der Waals surface area (Å²) in [5.41, 5.74) is 3.13. The summed E-state index contributed by atoms with van der Waals surface area (Å²) in [5.74, 6) is 2.86. The van der Waals surface area contributed by atoms with Crippen LogP contribution in [-0.4, -0.2) is 74.8 Å². The SMILES string of the molecule is Cc1cc(Nc2nc(NC3CC4=CCC(C3)N4CCC#N)nc3cc(OC4CCN(C)CC4)ccc23)n[nH]1. The van der Waals surface area contributed by atoms with Crippen molar-refractivity contribution in [1.29, 1.82) is 5.26 Å². The number of piperidine rings is 2. The highest BCUT2D eigenvalue weighted by molar-refractivity contribution is 5.92. The van der Waals surface area contributed by atoms with Crippen LogP contribution < -0.4 is 15.4 Å². The van der Waals surface area contributed by atoms with E-state index in [1.165, 1.54) is 5.70 Å². The lowest BCUT2D eigenvalue weighted by Crippen LogP contribution is -2.42. The molecule has 2 unspecified atom stereocenters. The van der Waals surface area contributed by atoms with Crippen LogP contribution in [0.3, 0.4) is 0 Å². The molecule has 5 heterocycles. The van der Waals surface area contributed by atoms with Gasteiger partial charge < -0.3 is 25.2 Å². The molecule has 0 amide bonds. The second-order valence-corrected chi connectivity index (χ2v) is 10.7. The van der Waals surface area contributed by atoms with Crippen LogP contribution in [0.5, 0.6) is 5.75 Å². The van der Waals surface area contributed by atoms with Crippen molar-refractivity contribution in [2.24, 2.45) is 0 Å². The number of anilines is 3. The number of fused-ring (bicyclic) bond motifs is 3. The lowest BCUT2D eigenvalue weighted by Gasteiger charge is -2.38. The predicted molar refractivity (Wildman–Crippen MR) is 147 cm³/mol. The number of aryl methyl sites for hydroxylation is 1. The van der Waals surface area contributed by atoms with Gasteiger partial charge in [0.1, 0.15) is 17.7 Å². The molecule has 0 saturated carbocycles. The van der Waals surface area contributed by atoms with Gasteiger partial charge in [0.15, 0.2) is 5.82 Å². The molecule has 3 aliphatic heterocycles. The third kappa shape index (κ3) is 5.24. The molecule has 6 rings (SSSR count). The molecular formula is C28H35N9O. The molecule has 2 saturated heterocycles. The van der Waals surface area contributed by atoms with Gasteiger partial charge in [0.2, 0.25) is 5.95 Å². The second-order valence-electron chi connectivity index (χ2n) is 10.7. The number of nitriles is 1. The molecule has 38 heavy (non-hydrogen) atoms. The lowest BCUT2D eigenvalue weighted by molar-refractivity contribution is 0.114. The second kappa shape index (κ2) is 10.5. The maximum absolute atomic E-state index is 9.03. The summed E-state index contributed by atoms with van der Waals surface area (Å²) in [4.78, 5) is 14.6. The number of benzene rings is 1. The minimum Gasteiger partial charge on any atom is -0.490 e. The van der Waals surface area contributed by atoms with Gasteiger partial charge >= 0.3 is 0 Å². The molecule has 2 fully saturated rings. The zero-order valence-corrected chi connectivity index (χ0v) is 22.1. The molecule has 3 N–H and O–H groups in total. The van der Waals surface area contributed by atoms with E-state index >= 15 is 0 Å². The van der Waals surface area contributed by atoms with Crippen molar-refractivity contribution in [3.05, 3.63) is 41.7 Å². The summed E-state index contributed by atoms with van der Waals surface area (Å²) in [7, 11) is 2.16. The highest BCUT2D eigenvalue weighted by Gasteiger charge is 2.34. The van der Waals surface area contributed by atoms with Crippen LogP contribution in [-0.2, 0) is 0 Å². The first-order valence-corrected chi connectivity index (χ1v) is 13.6. The van der Waals surface area contributed by atoms with Gasteiger partial charge in [-0.2, -0.15) is 15.3 Å². The van der Waals surface area contributed by atoms with Crippen molar-refractivity contribution in [1.82, 2.24) is 30.0 Å². The summed E-state index contributed by atoms with van der Waals surface area (Å²) in [6, 6.07) is 11.0. The van der Waals surface area contributed by atoms with Crippen LogP contribution >= 0.6 is 0 Å². The molecule has 3 aromatic rings. The maximum atomic E-state index is 9.03. The average molecular weight is 514 g/mol. The fourth-order valence-corrected chi connectivity index (χ4v) is 5.87. The van der Waals surface area contributed by atoms with E-state index in [4.69, 9.17) is 20.0 Å². The van der Waals surface area contributed by atoms with E-state index in [9.17, 15) is 0 Å². The Kier molecular flexibility index (Phi) is 6.77. The minimum atomic E-state index is 0.225. The molecule has 10 heteroatoms. The first-order chi connectivity index (χ1) is 18.5. The zero-order chi connectivity index (χ0) is 26.1. The number of rotatable bonds is 8. The maximum Gasteiger partial charge on any atom is 0.225 e. The topological polar surface area (TPSA) is 118 Å². The van der Waals surface area contributed by atoms with E-state index in [2.05, 4.69) is 49.8 Å². The van der Waals surface area contributed by atoms with E-state index < -0.39 is 0 Å². The number of nitrogens with zero attached hydrogens (tertiary/aromatic N) is 6. The number of hydrogen-bond donors (Lipinski definition) is 3. The van der Waals surface area contributed by atoms with Crippen molar-refractivity contribution in [2.75, 3.05) is 37.3 Å². The number of hydrogen-bond acceptors (Lipinski definition) is 9. The standard InChI is InChI=1S/C28H35N9O/c1-18-14-26(35-34-18)32-27-24-7-6-23(38-22-8-12-36(2)13-9-22)17-25(24)31-28(33-27)30-19-15-20-4-5-21(16-19)37(20)11-3-10-29/h4,6-7,14,17,19,21-22H,3,5,8-9,11-13,15-16H2,1-2H3,(H3,30,31,32,33,34,35). The first kappa shape index (κ1) is 24.5. The van der Waals surface area contributed by atoms with Crippen LogP contribution in [0.15, 0.2) is 36.0 Å². The highest BCUT2D eigenvalue weighted by atomic mass is 16.5. The van der Waals surface area contributed by atoms with Crippen molar-refractivity contribution < 1.29 is 4.74 Å². The molecule has 0 radical (unpaired) electrons. The van der Waals surface area contributed by atoms with Gasteiger partial charge in [0, 0.05) is 67.0 Å². The molecule has 198 valence electrons. The fraction of sp³-hybridized carbons (Fsp3) is 0.500. The average Bonchev–Trinajstić information content (AvgIpc) is 3.42. The van der Waals surface area contributed by atoms with Crippen LogP contribution in [0.4, 0.5) is 17.6 Å². The van der Waals surface area contributed by atoms with E-state index in [0.29, 0.717) is 30.0 Å². The van der Waals surface area contributed by atoms with E-state index in [0.717, 1.165) is 74.1 Å². The number of aromatic nitrogens is 4. The van der Waals surface area contributed by atoms with Gasteiger partial charge in [-0.1, -0.05) is 6.08 Å². The molecule has 0 aliphatic carbocycles. The van der Waals surface area contributed by atoms with Gasteiger partial charge in [-0.3, -0.25) is 5.10 Å². The number of nitrogens with one attached hydrogen (secondary N) is 3. The molecule has 0 spiro atoms. The normalized spacial score (nSPS) is 21.8. The summed E-state index contributed by atoms with van der Waals surface area (Å²) in [5, 5.41) is 24.3. The minimum absolute atomic E-state index is 0.225. The van der Waals surface area contributed by atoms with Gasteiger partial charge in [-0.25, -0.2) is 4.98 Å². The summed E-state index contributed by atoms with van der Waals surface area (Å²) in [6.07, 6.45) is 8.11. The number of H-pyrrole nitrogens is 1. The predicted octanol–water partition coefficient (Wildman–Crippen LogP) is 4.32. The Bertz CT molecular complexity index is 1370. The fourth-order valence-electron chi connectivity index (χ4n) is 5.87. The molecule has 3 aliphatic rings. The Hall–Kier alpha value is -3.84.